The Hall–Kier alpha value is 1.98. The number of alkyl halides is 3. The average Bonchev–Trinajstić information content (AvgIpc) is 1.36. The monoisotopic (exact) mass is 340 g/mol. The van der Waals surface area contributed by atoms with Crippen molar-refractivity contribution in [3.63, 3.8) is 0 Å². The molecule has 6 heavy (non-hydrogen) atoms. The first kappa shape index (κ1) is 7.98. The zero-order valence-corrected chi connectivity index (χ0v) is 12.2. The molecule has 0 aliphatic heterocycles. The van der Waals surface area contributed by atoms with E-state index in [9.17, 15) is 0 Å². The van der Waals surface area contributed by atoms with Crippen LogP contribution in [0.5, 0.6) is 0 Å². The standard InChI is InChI=1S/C2H5Br3Ge/c3-1(4)2(5)6/h1-2H,6H3. The molecule has 4 heteroatoms. The maximum atomic E-state index is 3.43. The molecule has 0 fully saturated rings. The van der Waals surface area contributed by atoms with E-state index in [1.54, 1.807) is 0 Å². The van der Waals surface area contributed by atoms with Crippen LogP contribution in [0, 0.1) is 0 Å². The summed E-state index contributed by atoms with van der Waals surface area (Å²) in [6.45, 7) is 0. The zero-order chi connectivity index (χ0) is 5.15. The number of hydrogen-bond acceptors (Lipinski definition) is 0. The van der Waals surface area contributed by atoms with Crippen molar-refractivity contribution in [3.8, 4) is 0 Å². The SMILES string of the molecule is [GeH3][CH](Br)C(Br)Br. The molecule has 0 rings (SSSR count). The van der Waals surface area contributed by atoms with Crippen molar-refractivity contribution >= 4 is 64.3 Å². The summed E-state index contributed by atoms with van der Waals surface area (Å²) in [6, 6.07) is 0. The second-order valence-corrected chi connectivity index (χ2v) is 11.8. The van der Waals surface area contributed by atoms with E-state index in [0.717, 1.165) is 16.5 Å². The van der Waals surface area contributed by atoms with Crippen LogP contribution in [-0.2, 0) is 0 Å². The van der Waals surface area contributed by atoms with Crippen molar-refractivity contribution in [2.24, 2.45) is 0 Å². The van der Waals surface area contributed by atoms with E-state index in [1.165, 1.54) is 0 Å². The molecule has 0 nitrogen and oxygen atoms in total. The Morgan fingerprint density at radius 2 is 1.33 bits per heavy atom. The number of rotatable bonds is 1. The maximum absolute atomic E-state index is 3.43. The van der Waals surface area contributed by atoms with Gasteiger partial charge >= 0.3 is 71.7 Å². The fraction of sp³-hybridized carbons (Fsp3) is 1.00. The molecular formula is C2H5Br3Ge. The van der Waals surface area contributed by atoms with Crippen LogP contribution in [0.1, 0.15) is 0 Å². The Labute approximate surface area is 71.1 Å². The molecular weight excluding hydrogens is 336 g/mol. The summed E-state index contributed by atoms with van der Waals surface area (Å²) >= 11 is 11.0. The van der Waals surface area contributed by atoms with Crippen LogP contribution in [0.25, 0.3) is 0 Å². The van der Waals surface area contributed by atoms with Crippen LogP contribution in [0.4, 0.5) is 0 Å². The van der Waals surface area contributed by atoms with Crippen LogP contribution in [0.2, 0.25) is 0 Å². The molecule has 0 bridgehead atoms. The molecule has 0 aromatic carbocycles. The number of halogens is 3. The Balaban J connectivity index is 2.99. The van der Waals surface area contributed by atoms with Crippen LogP contribution in [-0.4, -0.2) is 23.9 Å². The molecule has 1 atom stereocenters. The van der Waals surface area contributed by atoms with Crippen LogP contribution >= 0.6 is 47.8 Å². The van der Waals surface area contributed by atoms with Gasteiger partial charge in [0.2, 0.25) is 0 Å². The van der Waals surface area contributed by atoms with E-state index in [2.05, 4.69) is 47.8 Å². The first-order chi connectivity index (χ1) is 2.64. The minimum absolute atomic E-state index is 0.477. The fourth-order valence-electron chi connectivity index (χ4n) is 0. The topological polar surface area (TPSA) is 0 Å². The molecule has 1 unspecified atom stereocenters. The van der Waals surface area contributed by atoms with Gasteiger partial charge in [-0.05, 0) is 0 Å². The molecule has 0 saturated carbocycles. The summed E-state index contributed by atoms with van der Waals surface area (Å²) < 4.78 is 1.16. The van der Waals surface area contributed by atoms with E-state index in [4.69, 9.17) is 0 Å². The fourth-order valence-corrected chi connectivity index (χ4v) is 0. The molecule has 0 saturated heterocycles. The zero-order valence-electron chi connectivity index (χ0n) is 3.29. The Bertz CT molecular complexity index is 29.8. The van der Waals surface area contributed by atoms with E-state index in [-0.39, 0.29) is 0 Å². The van der Waals surface area contributed by atoms with Gasteiger partial charge in [0.15, 0.2) is 0 Å². The van der Waals surface area contributed by atoms with Gasteiger partial charge in [-0.25, -0.2) is 0 Å². The summed E-state index contributed by atoms with van der Waals surface area (Å²) in [7, 11) is 0. The Morgan fingerprint density at radius 3 is 1.33 bits per heavy atom. The normalized spacial score (nSPS) is 16.0. The third-order valence-corrected chi connectivity index (χ3v) is 9.37. The van der Waals surface area contributed by atoms with E-state index >= 15 is 0 Å². The summed E-state index contributed by atoms with van der Waals surface area (Å²) in [5, 5.41) is 0. The average molecular weight is 341 g/mol. The molecule has 38 valence electrons. The molecule has 0 heterocycles. The van der Waals surface area contributed by atoms with Gasteiger partial charge in [0, 0.05) is 0 Å². The first-order valence-electron chi connectivity index (χ1n) is 1.57. The molecule has 0 radical (unpaired) electrons. The summed E-state index contributed by atoms with van der Waals surface area (Å²) in [5.41, 5.74) is 0. The predicted molar refractivity (Wildman–Crippen MR) is 44.3 cm³/mol. The van der Waals surface area contributed by atoms with E-state index in [0.29, 0.717) is 7.40 Å². The van der Waals surface area contributed by atoms with Crippen molar-refractivity contribution < 1.29 is 0 Å². The molecule has 0 spiro atoms. The molecule has 0 aliphatic carbocycles. The van der Waals surface area contributed by atoms with Crippen LogP contribution in [0.3, 0.4) is 0 Å². The van der Waals surface area contributed by atoms with Crippen molar-refractivity contribution in [2.75, 3.05) is 0 Å². The van der Waals surface area contributed by atoms with Crippen molar-refractivity contribution in [1.29, 1.82) is 0 Å². The second-order valence-electron chi connectivity index (χ2n) is 1.01. The van der Waals surface area contributed by atoms with E-state index in [1.807, 2.05) is 0 Å². The molecule has 0 aromatic rings. The molecule has 0 aromatic heterocycles. The second kappa shape index (κ2) is 3.92. The van der Waals surface area contributed by atoms with Crippen molar-refractivity contribution in [2.45, 2.75) is 7.40 Å². The van der Waals surface area contributed by atoms with Gasteiger partial charge in [0.05, 0.1) is 0 Å². The summed E-state index contributed by atoms with van der Waals surface area (Å²) in [4.78, 5) is 0. The Morgan fingerprint density at radius 1 is 1.17 bits per heavy atom. The molecule has 0 amide bonds. The third-order valence-electron chi connectivity index (χ3n) is 0.347. The van der Waals surface area contributed by atoms with Gasteiger partial charge in [0.1, 0.15) is 0 Å². The predicted octanol–water partition coefficient (Wildman–Crippen LogP) is 1.19. The van der Waals surface area contributed by atoms with Crippen LogP contribution < -0.4 is 0 Å². The quantitative estimate of drug-likeness (QED) is 0.497. The van der Waals surface area contributed by atoms with Gasteiger partial charge in [-0.2, -0.15) is 0 Å². The number of hydrogen-bond donors (Lipinski definition) is 0. The minimum atomic E-state index is 0.477. The first-order valence-corrected chi connectivity index (χ1v) is 6.74. The van der Waals surface area contributed by atoms with Gasteiger partial charge in [-0.15, -0.1) is 0 Å². The van der Waals surface area contributed by atoms with Crippen LogP contribution in [0.15, 0.2) is 0 Å². The Kier molecular flexibility index (Phi) is 5.22. The van der Waals surface area contributed by atoms with Gasteiger partial charge < -0.3 is 0 Å². The third kappa shape index (κ3) is 4.15. The van der Waals surface area contributed by atoms with Crippen molar-refractivity contribution in [3.05, 3.63) is 0 Å². The molecule has 0 aliphatic rings. The van der Waals surface area contributed by atoms with Gasteiger partial charge in [-0.1, -0.05) is 0 Å². The van der Waals surface area contributed by atoms with Gasteiger partial charge in [0.25, 0.3) is 0 Å². The van der Waals surface area contributed by atoms with Crippen molar-refractivity contribution in [1.82, 2.24) is 0 Å². The molecule has 0 N–H and O–H groups in total. The van der Waals surface area contributed by atoms with Gasteiger partial charge in [-0.3, -0.25) is 0 Å². The summed E-state index contributed by atoms with van der Waals surface area (Å²) in [6.07, 6.45) is 0. The van der Waals surface area contributed by atoms with E-state index < -0.39 is 0 Å². The summed E-state index contributed by atoms with van der Waals surface area (Å²) in [5.74, 6) is 0.